The van der Waals surface area contributed by atoms with Crippen molar-refractivity contribution in [2.24, 2.45) is 0 Å². The van der Waals surface area contributed by atoms with Crippen molar-refractivity contribution in [2.75, 3.05) is 25.0 Å². The topological polar surface area (TPSA) is 44.4 Å². The third-order valence-corrected chi connectivity index (χ3v) is 4.47. The molecule has 1 aromatic carbocycles. The van der Waals surface area contributed by atoms with Gasteiger partial charge in [0.05, 0.1) is 0 Å². The van der Waals surface area contributed by atoms with E-state index in [4.69, 9.17) is 0 Å². The number of piperidine rings is 1. The molecular weight excluding hydrogens is 250 g/mol. The Labute approximate surface area is 120 Å². The lowest BCUT2D eigenvalue weighted by Gasteiger charge is -2.32. The van der Waals surface area contributed by atoms with Crippen LogP contribution in [0.4, 0.5) is 5.69 Å². The van der Waals surface area contributed by atoms with Gasteiger partial charge in [0.25, 0.3) is 0 Å². The number of rotatable bonds is 3. The van der Waals surface area contributed by atoms with Crippen LogP contribution >= 0.6 is 0 Å². The molecule has 20 heavy (non-hydrogen) atoms. The van der Waals surface area contributed by atoms with Gasteiger partial charge in [-0.1, -0.05) is 25.1 Å². The average molecular weight is 273 g/mol. The molecule has 0 spiro atoms. The molecule has 2 aliphatic heterocycles. The number of benzene rings is 1. The van der Waals surface area contributed by atoms with E-state index in [0.29, 0.717) is 6.04 Å². The Kier molecular flexibility index (Phi) is 3.92. The number of fused-ring (bicyclic) bond motifs is 1. The highest BCUT2D eigenvalue weighted by atomic mass is 16.2. The lowest BCUT2D eigenvalue weighted by molar-refractivity contribution is -0.122. The Balaban J connectivity index is 1.52. The highest BCUT2D eigenvalue weighted by Gasteiger charge is 2.28. The van der Waals surface area contributed by atoms with Gasteiger partial charge >= 0.3 is 0 Å². The van der Waals surface area contributed by atoms with E-state index in [0.717, 1.165) is 44.6 Å². The number of anilines is 1. The molecule has 1 saturated heterocycles. The monoisotopic (exact) mass is 273 g/mol. The lowest BCUT2D eigenvalue weighted by Crippen LogP contribution is -2.48. The highest BCUT2D eigenvalue weighted by molar-refractivity contribution is 5.87. The van der Waals surface area contributed by atoms with Crippen LogP contribution in [0, 0.1) is 0 Å². The van der Waals surface area contributed by atoms with Gasteiger partial charge in [0, 0.05) is 31.2 Å². The maximum absolute atomic E-state index is 12.3. The number of carbonyl (C=O) groups is 1. The molecule has 2 heterocycles. The first-order valence-corrected chi connectivity index (χ1v) is 7.63. The second-order valence-corrected chi connectivity index (χ2v) is 5.78. The Hall–Kier alpha value is -1.55. The van der Waals surface area contributed by atoms with Crippen molar-refractivity contribution in [3.05, 3.63) is 29.8 Å². The maximum atomic E-state index is 12.3. The summed E-state index contributed by atoms with van der Waals surface area (Å²) in [6, 6.07) is 8.42. The van der Waals surface area contributed by atoms with Gasteiger partial charge in [0.1, 0.15) is 6.04 Å². The maximum Gasteiger partial charge on any atom is 0.243 e. The molecule has 1 amide bonds. The van der Waals surface area contributed by atoms with Gasteiger partial charge in [-0.05, 0) is 31.0 Å². The summed E-state index contributed by atoms with van der Waals surface area (Å²) in [5.41, 5.74) is 2.35. The largest absolute Gasteiger partial charge is 0.373 e. The molecule has 4 heteroatoms. The molecule has 1 atom stereocenters. The first-order chi connectivity index (χ1) is 9.76. The Morgan fingerprint density at radius 2 is 2.10 bits per heavy atom. The van der Waals surface area contributed by atoms with Gasteiger partial charge in [0.15, 0.2) is 0 Å². The van der Waals surface area contributed by atoms with E-state index in [9.17, 15) is 4.79 Å². The molecular formula is C16H23N3O. The zero-order valence-electron chi connectivity index (χ0n) is 12.1. The third kappa shape index (κ3) is 2.80. The third-order valence-electron chi connectivity index (χ3n) is 4.47. The molecule has 0 bridgehead atoms. The van der Waals surface area contributed by atoms with Crippen LogP contribution in [0.15, 0.2) is 24.3 Å². The summed E-state index contributed by atoms with van der Waals surface area (Å²) < 4.78 is 0. The molecule has 0 aromatic heterocycles. The quantitative estimate of drug-likeness (QED) is 0.879. The summed E-state index contributed by atoms with van der Waals surface area (Å²) in [4.78, 5) is 14.8. The lowest BCUT2D eigenvalue weighted by atomic mass is 10.0. The Morgan fingerprint density at radius 1 is 1.35 bits per heavy atom. The summed E-state index contributed by atoms with van der Waals surface area (Å²) in [7, 11) is 0. The molecule has 0 saturated carbocycles. The van der Waals surface area contributed by atoms with Crippen molar-refractivity contribution in [3.8, 4) is 0 Å². The SMILES string of the molecule is CCN1CCC(NC(=O)C2Cc3ccccc3N2)CC1. The number of carbonyl (C=O) groups excluding carboxylic acids is 1. The van der Waals surface area contributed by atoms with Gasteiger partial charge in [-0.3, -0.25) is 4.79 Å². The number of para-hydroxylation sites is 1. The Morgan fingerprint density at radius 3 is 2.80 bits per heavy atom. The Bertz CT molecular complexity index is 455. The predicted molar refractivity (Wildman–Crippen MR) is 80.8 cm³/mol. The molecule has 1 unspecified atom stereocenters. The summed E-state index contributed by atoms with van der Waals surface area (Å²) in [6.07, 6.45) is 2.94. The number of hydrogen-bond acceptors (Lipinski definition) is 3. The van der Waals surface area contributed by atoms with Crippen molar-refractivity contribution in [1.29, 1.82) is 0 Å². The van der Waals surface area contributed by atoms with Crippen molar-refractivity contribution < 1.29 is 4.79 Å². The van der Waals surface area contributed by atoms with Gasteiger partial charge in [-0.15, -0.1) is 0 Å². The minimum atomic E-state index is -0.100. The molecule has 4 nitrogen and oxygen atoms in total. The number of nitrogens with zero attached hydrogens (tertiary/aromatic N) is 1. The minimum absolute atomic E-state index is 0.100. The van der Waals surface area contributed by atoms with Crippen LogP contribution in [0.3, 0.4) is 0 Å². The molecule has 3 rings (SSSR count). The fraction of sp³-hybridized carbons (Fsp3) is 0.562. The summed E-state index contributed by atoms with van der Waals surface area (Å²) in [5.74, 6) is 0.149. The zero-order valence-corrected chi connectivity index (χ0v) is 12.1. The zero-order chi connectivity index (χ0) is 13.9. The second-order valence-electron chi connectivity index (χ2n) is 5.78. The van der Waals surface area contributed by atoms with Crippen LogP contribution in [0.2, 0.25) is 0 Å². The summed E-state index contributed by atoms with van der Waals surface area (Å²) in [5, 5.41) is 6.53. The molecule has 108 valence electrons. The number of hydrogen-bond donors (Lipinski definition) is 2. The molecule has 1 fully saturated rings. The van der Waals surface area contributed by atoms with Gasteiger partial charge in [-0.25, -0.2) is 0 Å². The average Bonchev–Trinajstić information content (AvgIpc) is 2.92. The molecule has 0 aliphatic carbocycles. The van der Waals surface area contributed by atoms with E-state index in [-0.39, 0.29) is 11.9 Å². The standard InChI is InChI=1S/C16H23N3O/c1-2-19-9-7-13(8-10-19)17-16(20)15-11-12-5-3-4-6-14(12)18-15/h3-6,13,15,18H,2,7-11H2,1H3,(H,17,20). The smallest absolute Gasteiger partial charge is 0.243 e. The normalized spacial score (nSPS) is 23.1. The van der Waals surface area contributed by atoms with Crippen LogP contribution in [-0.2, 0) is 11.2 Å². The summed E-state index contributed by atoms with van der Waals surface area (Å²) >= 11 is 0. The van der Waals surface area contributed by atoms with Crippen LogP contribution in [0.1, 0.15) is 25.3 Å². The molecule has 1 aromatic rings. The van der Waals surface area contributed by atoms with Crippen LogP contribution in [-0.4, -0.2) is 42.5 Å². The fourth-order valence-electron chi connectivity index (χ4n) is 3.15. The number of amides is 1. The van der Waals surface area contributed by atoms with E-state index in [1.165, 1.54) is 5.56 Å². The minimum Gasteiger partial charge on any atom is -0.373 e. The van der Waals surface area contributed by atoms with Crippen molar-refractivity contribution in [2.45, 2.75) is 38.3 Å². The summed E-state index contributed by atoms with van der Waals surface area (Å²) in [6.45, 7) is 5.50. The van der Waals surface area contributed by atoms with E-state index >= 15 is 0 Å². The molecule has 2 N–H and O–H groups in total. The van der Waals surface area contributed by atoms with E-state index < -0.39 is 0 Å². The molecule has 0 radical (unpaired) electrons. The van der Waals surface area contributed by atoms with Gasteiger partial charge in [0.2, 0.25) is 5.91 Å². The van der Waals surface area contributed by atoms with E-state index in [1.807, 2.05) is 18.2 Å². The van der Waals surface area contributed by atoms with Gasteiger partial charge < -0.3 is 15.5 Å². The molecule has 2 aliphatic rings. The van der Waals surface area contributed by atoms with Crippen molar-refractivity contribution in [3.63, 3.8) is 0 Å². The number of likely N-dealkylation sites (tertiary alicyclic amines) is 1. The van der Waals surface area contributed by atoms with E-state index in [1.54, 1.807) is 0 Å². The van der Waals surface area contributed by atoms with Crippen LogP contribution < -0.4 is 10.6 Å². The van der Waals surface area contributed by atoms with E-state index in [2.05, 4.69) is 28.5 Å². The first-order valence-electron chi connectivity index (χ1n) is 7.63. The predicted octanol–water partition coefficient (Wildman–Crippen LogP) is 1.62. The van der Waals surface area contributed by atoms with Crippen molar-refractivity contribution >= 4 is 11.6 Å². The second kappa shape index (κ2) is 5.83. The fourth-order valence-corrected chi connectivity index (χ4v) is 3.15. The van der Waals surface area contributed by atoms with Crippen LogP contribution in [0.25, 0.3) is 0 Å². The first kappa shape index (κ1) is 13.4. The van der Waals surface area contributed by atoms with Crippen molar-refractivity contribution in [1.82, 2.24) is 10.2 Å². The van der Waals surface area contributed by atoms with Gasteiger partial charge in [-0.2, -0.15) is 0 Å². The number of nitrogens with one attached hydrogen (secondary N) is 2. The highest BCUT2D eigenvalue weighted by Crippen LogP contribution is 2.25. The van der Waals surface area contributed by atoms with Crippen LogP contribution in [0.5, 0.6) is 0 Å².